The van der Waals surface area contributed by atoms with Crippen molar-refractivity contribution in [3.8, 4) is 0 Å². The van der Waals surface area contributed by atoms with Gasteiger partial charge in [0.1, 0.15) is 17.4 Å². The Morgan fingerprint density at radius 3 is 2.71 bits per heavy atom. The highest BCUT2D eigenvalue weighted by Gasteiger charge is 2.04. The van der Waals surface area contributed by atoms with Crippen LogP contribution in [0, 0.1) is 18.6 Å². The molecular formula is C12H12F2N2O. The van der Waals surface area contributed by atoms with Crippen LogP contribution in [0.25, 0.3) is 0 Å². The fraction of sp³-hybridized carbons (Fsp3) is 0.250. The highest BCUT2D eigenvalue weighted by atomic mass is 19.1. The van der Waals surface area contributed by atoms with E-state index < -0.39 is 11.6 Å². The van der Waals surface area contributed by atoms with Gasteiger partial charge in [-0.1, -0.05) is 11.2 Å². The SMILES string of the molecule is Cc1cc(CNCc2ccc(F)cc2F)no1. The Morgan fingerprint density at radius 2 is 2.06 bits per heavy atom. The molecule has 0 spiro atoms. The Kier molecular flexibility index (Phi) is 3.49. The average molecular weight is 238 g/mol. The first-order chi connectivity index (χ1) is 8.15. The first-order valence-electron chi connectivity index (χ1n) is 5.22. The average Bonchev–Trinajstić information content (AvgIpc) is 2.68. The molecule has 90 valence electrons. The maximum absolute atomic E-state index is 13.3. The molecular weight excluding hydrogens is 226 g/mol. The minimum atomic E-state index is -0.571. The molecule has 1 aromatic carbocycles. The van der Waals surface area contributed by atoms with Gasteiger partial charge in [0.05, 0.1) is 5.69 Å². The van der Waals surface area contributed by atoms with Gasteiger partial charge in [-0.3, -0.25) is 0 Å². The number of halogens is 2. The largest absolute Gasteiger partial charge is 0.361 e. The van der Waals surface area contributed by atoms with E-state index in [1.165, 1.54) is 12.1 Å². The summed E-state index contributed by atoms with van der Waals surface area (Å²) in [6.45, 7) is 2.60. The van der Waals surface area contributed by atoms with Gasteiger partial charge in [-0.05, 0) is 13.0 Å². The third-order valence-electron chi connectivity index (χ3n) is 2.31. The lowest BCUT2D eigenvalue weighted by Gasteiger charge is -2.04. The molecule has 0 amide bonds. The molecule has 0 fully saturated rings. The Labute approximate surface area is 97.4 Å². The highest BCUT2D eigenvalue weighted by Crippen LogP contribution is 2.09. The maximum Gasteiger partial charge on any atom is 0.133 e. The minimum absolute atomic E-state index is 0.317. The van der Waals surface area contributed by atoms with E-state index >= 15 is 0 Å². The van der Waals surface area contributed by atoms with Gasteiger partial charge in [-0.15, -0.1) is 0 Å². The smallest absolute Gasteiger partial charge is 0.133 e. The topological polar surface area (TPSA) is 38.1 Å². The van der Waals surface area contributed by atoms with Crippen molar-refractivity contribution in [2.24, 2.45) is 0 Å². The maximum atomic E-state index is 13.3. The first kappa shape index (κ1) is 11.7. The summed E-state index contributed by atoms with van der Waals surface area (Å²) in [4.78, 5) is 0. The van der Waals surface area contributed by atoms with Crippen molar-refractivity contribution in [2.75, 3.05) is 0 Å². The molecule has 2 aromatic rings. The summed E-state index contributed by atoms with van der Waals surface area (Å²) in [7, 11) is 0. The summed E-state index contributed by atoms with van der Waals surface area (Å²) >= 11 is 0. The number of nitrogens with one attached hydrogen (secondary N) is 1. The third-order valence-corrected chi connectivity index (χ3v) is 2.31. The minimum Gasteiger partial charge on any atom is -0.361 e. The predicted molar refractivity (Wildman–Crippen MR) is 58.1 cm³/mol. The number of hydrogen-bond donors (Lipinski definition) is 1. The predicted octanol–water partition coefficient (Wildman–Crippen LogP) is 2.55. The summed E-state index contributed by atoms with van der Waals surface area (Å²) in [5.41, 5.74) is 1.18. The van der Waals surface area contributed by atoms with Gasteiger partial charge < -0.3 is 9.84 Å². The van der Waals surface area contributed by atoms with Gasteiger partial charge in [0.25, 0.3) is 0 Å². The summed E-state index contributed by atoms with van der Waals surface area (Å²) in [5, 5.41) is 6.80. The molecule has 1 aromatic heterocycles. The van der Waals surface area contributed by atoms with Crippen molar-refractivity contribution in [1.29, 1.82) is 0 Å². The Morgan fingerprint density at radius 1 is 1.24 bits per heavy atom. The number of aromatic nitrogens is 1. The summed E-state index contributed by atoms with van der Waals surface area (Å²) < 4.78 is 30.8. The number of rotatable bonds is 4. The zero-order chi connectivity index (χ0) is 12.3. The van der Waals surface area contributed by atoms with Crippen LogP contribution in [-0.4, -0.2) is 5.16 Å². The lowest BCUT2D eigenvalue weighted by molar-refractivity contribution is 0.388. The van der Waals surface area contributed by atoms with Gasteiger partial charge in [0, 0.05) is 30.8 Å². The van der Waals surface area contributed by atoms with Crippen molar-refractivity contribution in [1.82, 2.24) is 10.5 Å². The summed E-state index contributed by atoms with van der Waals surface area (Å²) in [5.74, 6) is -0.387. The molecule has 17 heavy (non-hydrogen) atoms. The van der Waals surface area contributed by atoms with Crippen molar-refractivity contribution in [2.45, 2.75) is 20.0 Å². The van der Waals surface area contributed by atoms with Crippen LogP contribution in [0.5, 0.6) is 0 Å². The molecule has 5 heteroatoms. The van der Waals surface area contributed by atoms with E-state index in [-0.39, 0.29) is 0 Å². The fourth-order valence-electron chi connectivity index (χ4n) is 1.49. The molecule has 0 unspecified atom stereocenters. The van der Waals surface area contributed by atoms with Crippen molar-refractivity contribution in [3.63, 3.8) is 0 Å². The number of hydrogen-bond acceptors (Lipinski definition) is 3. The highest BCUT2D eigenvalue weighted by molar-refractivity contribution is 5.18. The monoisotopic (exact) mass is 238 g/mol. The molecule has 0 radical (unpaired) electrons. The lowest BCUT2D eigenvalue weighted by Crippen LogP contribution is -2.14. The van der Waals surface area contributed by atoms with Crippen molar-refractivity contribution < 1.29 is 13.3 Å². The molecule has 0 aliphatic carbocycles. The molecule has 1 N–H and O–H groups in total. The van der Waals surface area contributed by atoms with E-state index in [2.05, 4.69) is 10.5 Å². The van der Waals surface area contributed by atoms with Gasteiger partial charge in [0.15, 0.2) is 0 Å². The Hall–Kier alpha value is -1.75. The molecule has 2 rings (SSSR count). The number of aryl methyl sites for hydroxylation is 1. The van der Waals surface area contributed by atoms with Gasteiger partial charge >= 0.3 is 0 Å². The van der Waals surface area contributed by atoms with Crippen LogP contribution in [0.15, 0.2) is 28.8 Å². The molecule has 3 nitrogen and oxygen atoms in total. The van der Waals surface area contributed by atoms with E-state index in [9.17, 15) is 8.78 Å². The van der Waals surface area contributed by atoms with Crippen LogP contribution in [0.3, 0.4) is 0 Å². The van der Waals surface area contributed by atoms with E-state index in [4.69, 9.17) is 4.52 Å². The van der Waals surface area contributed by atoms with Crippen LogP contribution >= 0.6 is 0 Å². The van der Waals surface area contributed by atoms with Crippen LogP contribution < -0.4 is 5.32 Å². The first-order valence-corrected chi connectivity index (χ1v) is 5.22. The van der Waals surface area contributed by atoms with Crippen LogP contribution in [0.1, 0.15) is 17.0 Å². The quantitative estimate of drug-likeness (QED) is 0.889. The van der Waals surface area contributed by atoms with Crippen molar-refractivity contribution in [3.05, 3.63) is 52.9 Å². The zero-order valence-electron chi connectivity index (χ0n) is 9.34. The second kappa shape index (κ2) is 5.05. The third kappa shape index (κ3) is 3.10. The van der Waals surface area contributed by atoms with Crippen LogP contribution in [0.4, 0.5) is 8.78 Å². The number of benzene rings is 1. The molecule has 0 saturated heterocycles. The second-order valence-electron chi connectivity index (χ2n) is 3.77. The number of nitrogens with zero attached hydrogens (tertiary/aromatic N) is 1. The zero-order valence-corrected chi connectivity index (χ0v) is 9.34. The second-order valence-corrected chi connectivity index (χ2v) is 3.77. The van der Waals surface area contributed by atoms with Gasteiger partial charge in [-0.2, -0.15) is 0 Å². The summed E-state index contributed by atoms with van der Waals surface area (Å²) in [6.07, 6.45) is 0. The van der Waals surface area contributed by atoms with Crippen molar-refractivity contribution >= 4 is 0 Å². The Bertz CT molecular complexity index is 511. The standard InChI is InChI=1S/C12H12F2N2O/c1-8-4-11(16-17-8)7-15-6-9-2-3-10(13)5-12(9)14/h2-5,15H,6-7H2,1H3. The van der Waals surface area contributed by atoms with E-state index in [1.807, 2.05) is 0 Å². The molecule has 0 aliphatic heterocycles. The van der Waals surface area contributed by atoms with E-state index in [1.54, 1.807) is 13.0 Å². The summed E-state index contributed by atoms with van der Waals surface area (Å²) in [6, 6.07) is 5.33. The molecule has 0 atom stereocenters. The van der Waals surface area contributed by atoms with E-state index in [0.717, 1.165) is 17.5 Å². The van der Waals surface area contributed by atoms with Gasteiger partial charge in [-0.25, -0.2) is 8.78 Å². The van der Waals surface area contributed by atoms with E-state index in [0.29, 0.717) is 18.7 Å². The molecule has 1 heterocycles. The van der Waals surface area contributed by atoms with Gasteiger partial charge in [0.2, 0.25) is 0 Å². The van der Waals surface area contributed by atoms with Crippen LogP contribution in [-0.2, 0) is 13.1 Å². The fourth-order valence-corrected chi connectivity index (χ4v) is 1.49. The normalized spacial score (nSPS) is 10.8. The lowest BCUT2D eigenvalue weighted by atomic mass is 10.2. The molecule has 0 bridgehead atoms. The Balaban J connectivity index is 1.90. The molecule has 0 aliphatic rings. The molecule has 0 saturated carbocycles. The van der Waals surface area contributed by atoms with Crippen LogP contribution in [0.2, 0.25) is 0 Å².